The predicted octanol–water partition coefficient (Wildman–Crippen LogP) is 0.395. The summed E-state index contributed by atoms with van der Waals surface area (Å²) in [7, 11) is 0. The molecule has 0 radical (unpaired) electrons. The number of nitrogens with zero attached hydrogens (tertiary/aromatic N) is 1. The van der Waals surface area contributed by atoms with Crippen molar-refractivity contribution in [2.45, 2.75) is 76.5 Å². The molecule has 212 valence electrons. The number of primary amides is 1. The maximum Gasteiger partial charge on any atom is 0.326 e. The van der Waals surface area contributed by atoms with Gasteiger partial charge in [0.05, 0.1) is 6.04 Å². The third kappa shape index (κ3) is 7.79. The molecule has 0 saturated carbocycles. The van der Waals surface area contributed by atoms with Crippen molar-refractivity contribution < 1.29 is 29.1 Å². The van der Waals surface area contributed by atoms with Gasteiger partial charge in [-0.15, -0.1) is 0 Å². The van der Waals surface area contributed by atoms with Crippen LogP contribution < -0.4 is 22.1 Å². The maximum absolute atomic E-state index is 13.3. The molecular weight excluding hydrogens is 504 g/mol. The van der Waals surface area contributed by atoms with Crippen molar-refractivity contribution in [1.82, 2.24) is 20.5 Å². The Hall–Kier alpha value is -3.93. The third-order valence-electron chi connectivity index (χ3n) is 6.90. The summed E-state index contributed by atoms with van der Waals surface area (Å²) in [5.74, 6) is -3.55. The number of rotatable bonds is 13. The van der Waals surface area contributed by atoms with Crippen LogP contribution in [0.5, 0.6) is 0 Å². The summed E-state index contributed by atoms with van der Waals surface area (Å²) in [5.41, 5.74) is 13.4. The second-order valence-electron chi connectivity index (χ2n) is 10.5. The summed E-state index contributed by atoms with van der Waals surface area (Å²) < 4.78 is 0. The minimum Gasteiger partial charge on any atom is -0.480 e. The highest BCUT2D eigenvalue weighted by molar-refractivity contribution is 5.95. The summed E-state index contributed by atoms with van der Waals surface area (Å²) in [6.07, 6.45) is 2.95. The minimum absolute atomic E-state index is 0.00316. The van der Waals surface area contributed by atoms with E-state index in [0.29, 0.717) is 19.4 Å². The minimum atomic E-state index is -1.20. The number of hydrogen-bond acceptors (Lipinski definition) is 6. The van der Waals surface area contributed by atoms with Crippen LogP contribution in [0.1, 0.15) is 51.5 Å². The van der Waals surface area contributed by atoms with Gasteiger partial charge in [-0.05, 0) is 49.7 Å². The molecule has 4 atom stereocenters. The van der Waals surface area contributed by atoms with Gasteiger partial charge in [0, 0.05) is 30.1 Å². The number of aromatic amines is 1. The zero-order chi connectivity index (χ0) is 28.7. The van der Waals surface area contributed by atoms with Crippen LogP contribution in [0.4, 0.5) is 0 Å². The number of likely N-dealkylation sites (tertiary alicyclic amines) is 1. The second kappa shape index (κ2) is 13.2. The Kier molecular flexibility index (Phi) is 10.0. The van der Waals surface area contributed by atoms with Crippen molar-refractivity contribution in [1.29, 1.82) is 0 Å². The Morgan fingerprint density at radius 1 is 1.13 bits per heavy atom. The molecule has 0 aliphatic carbocycles. The highest BCUT2D eigenvalue weighted by Crippen LogP contribution is 2.22. The van der Waals surface area contributed by atoms with E-state index in [4.69, 9.17) is 11.5 Å². The standard InChI is InChI=1S/C27H38N6O6/c1-15(2)12-21(27(38)39)32-24(35)20(9-10-23(29)34)31-25(36)22-8-5-11-33(22)26(37)18(28)13-16-14-30-19-7-4-3-6-17(16)19/h3-4,6-7,14-15,18,20-22,30H,5,8-13,28H2,1-2H3,(H2,29,34)(H,31,36)(H,32,35)(H,38,39). The molecule has 4 unspecified atom stereocenters. The first-order valence-corrected chi connectivity index (χ1v) is 13.2. The largest absolute Gasteiger partial charge is 0.480 e. The number of nitrogens with one attached hydrogen (secondary N) is 3. The number of nitrogens with two attached hydrogens (primary N) is 2. The fourth-order valence-electron chi connectivity index (χ4n) is 4.93. The zero-order valence-electron chi connectivity index (χ0n) is 22.3. The van der Waals surface area contributed by atoms with Crippen LogP contribution in [0.15, 0.2) is 30.5 Å². The van der Waals surface area contributed by atoms with Crippen LogP contribution in [0.2, 0.25) is 0 Å². The van der Waals surface area contributed by atoms with Gasteiger partial charge in [-0.1, -0.05) is 32.0 Å². The van der Waals surface area contributed by atoms with Crippen molar-refractivity contribution in [3.05, 3.63) is 36.0 Å². The first-order valence-electron chi connectivity index (χ1n) is 13.2. The number of carboxylic acids is 1. The maximum atomic E-state index is 13.3. The van der Waals surface area contributed by atoms with Gasteiger partial charge in [-0.2, -0.15) is 0 Å². The fourth-order valence-corrected chi connectivity index (χ4v) is 4.93. The highest BCUT2D eigenvalue weighted by atomic mass is 16.4. The van der Waals surface area contributed by atoms with E-state index in [9.17, 15) is 29.1 Å². The average Bonchev–Trinajstić information content (AvgIpc) is 3.53. The Labute approximate surface area is 226 Å². The molecule has 1 aromatic heterocycles. The van der Waals surface area contributed by atoms with Crippen LogP contribution in [-0.4, -0.2) is 75.3 Å². The van der Waals surface area contributed by atoms with E-state index in [1.807, 2.05) is 44.3 Å². The molecule has 2 aromatic rings. The Morgan fingerprint density at radius 3 is 2.51 bits per heavy atom. The van der Waals surface area contributed by atoms with Gasteiger partial charge in [0.1, 0.15) is 18.1 Å². The van der Waals surface area contributed by atoms with Gasteiger partial charge in [-0.25, -0.2) is 4.79 Å². The number of carboxylic acid groups (broad SMARTS) is 1. The Balaban J connectivity index is 1.69. The molecule has 39 heavy (non-hydrogen) atoms. The fraction of sp³-hybridized carbons (Fsp3) is 0.519. The predicted molar refractivity (Wildman–Crippen MR) is 144 cm³/mol. The number of amides is 4. The molecule has 8 N–H and O–H groups in total. The summed E-state index contributed by atoms with van der Waals surface area (Å²) >= 11 is 0. The zero-order valence-corrected chi connectivity index (χ0v) is 22.3. The molecule has 12 nitrogen and oxygen atoms in total. The van der Waals surface area contributed by atoms with Crippen molar-refractivity contribution >= 4 is 40.5 Å². The van der Waals surface area contributed by atoms with Crippen LogP contribution in [0.25, 0.3) is 10.9 Å². The van der Waals surface area contributed by atoms with Crippen molar-refractivity contribution in [3.63, 3.8) is 0 Å². The topological polar surface area (TPSA) is 201 Å². The van der Waals surface area contributed by atoms with Crippen molar-refractivity contribution in [2.24, 2.45) is 17.4 Å². The molecule has 4 amide bonds. The quantitative estimate of drug-likeness (QED) is 0.210. The first-order chi connectivity index (χ1) is 18.5. The summed E-state index contributed by atoms with van der Waals surface area (Å²) in [5, 5.41) is 15.5. The van der Waals surface area contributed by atoms with Gasteiger partial charge in [0.15, 0.2) is 0 Å². The normalized spacial score (nSPS) is 17.5. The summed E-state index contributed by atoms with van der Waals surface area (Å²) in [4.78, 5) is 67.1. The Morgan fingerprint density at radius 2 is 1.85 bits per heavy atom. The number of H-pyrrole nitrogens is 1. The number of para-hydroxylation sites is 1. The van der Waals surface area contributed by atoms with Crippen molar-refractivity contribution in [2.75, 3.05) is 6.54 Å². The number of hydrogen-bond donors (Lipinski definition) is 6. The number of aromatic nitrogens is 1. The smallest absolute Gasteiger partial charge is 0.326 e. The van der Waals surface area contributed by atoms with Gasteiger partial charge >= 0.3 is 5.97 Å². The lowest BCUT2D eigenvalue weighted by molar-refractivity contribution is -0.143. The molecular formula is C27H38N6O6. The molecule has 1 aromatic carbocycles. The van der Waals surface area contributed by atoms with Crippen LogP contribution in [0.3, 0.4) is 0 Å². The molecule has 0 spiro atoms. The molecule has 0 bridgehead atoms. The highest BCUT2D eigenvalue weighted by Gasteiger charge is 2.38. The molecule has 3 rings (SSSR count). The first kappa shape index (κ1) is 29.6. The SMILES string of the molecule is CC(C)CC(NC(=O)C(CCC(N)=O)NC(=O)C1CCCN1C(=O)C(N)Cc1c[nH]c2ccccc12)C(=O)O. The van der Waals surface area contributed by atoms with E-state index in [1.54, 1.807) is 0 Å². The number of carbonyl (C=O) groups is 5. The average molecular weight is 543 g/mol. The van der Waals surface area contributed by atoms with Crippen molar-refractivity contribution in [3.8, 4) is 0 Å². The van der Waals surface area contributed by atoms with Gasteiger partial charge in [0.25, 0.3) is 0 Å². The van der Waals surface area contributed by atoms with E-state index < -0.39 is 47.9 Å². The van der Waals surface area contributed by atoms with E-state index in [-0.39, 0.29) is 37.5 Å². The van der Waals surface area contributed by atoms with Crippen LogP contribution in [-0.2, 0) is 30.4 Å². The molecule has 12 heteroatoms. The van der Waals surface area contributed by atoms with Gasteiger partial charge < -0.3 is 37.1 Å². The lowest BCUT2D eigenvalue weighted by atomic mass is 10.0. The van der Waals surface area contributed by atoms with E-state index >= 15 is 0 Å². The molecule has 1 saturated heterocycles. The number of aliphatic carboxylic acids is 1. The van der Waals surface area contributed by atoms with Crippen LogP contribution >= 0.6 is 0 Å². The van der Waals surface area contributed by atoms with E-state index in [1.165, 1.54) is 4.90 Å². The number of fused-ring (bicyclic) bond motifs is 1. The van der Waals surface area contributed by atoms with E-state index in [2.05, 4.69) is 15.6 Å². The lowest BCUT2D eigenvalue weighted by Gasteiger charge is -2.28. The van der Waals surface area contributed by atoms with Crippen LogP contribution in [0, 0.1) is 5.92 Å². The molecule has 2 heterocycles. The summed E-state index contributed by atoms with van der Waals surface area (Å²) in [6.45, 7) is 3.98. The van der Waals surface area contributed by atoms with E-state index in [0.717, 1.165) is 16.5 Å². The third-order valence-corrected chi connectivity index (χ3v) is 6.90. The molecule has 1 fully saturated rings. The van der Waals surface area contributed by atoms with Gasteiger partial charge in [-0.3, -0.25) is 19.2 Å². The summed E-state index contributed by atoms with van der Waals surface area (Å²) in [6, 6.07) is 3.61. The molecule has 1 aliphatic rings. The Bertz CT molecular complexity index is 1210. The molecule has 1 aliphatic heterocycles. The number of benzene rings is 1. The lowest BCUT2D eigenvalue weighted by Crippen LogP contribution is -2.57. The monoisotopic (exact) mass is 542 g/mol. The second-order valence-corrected chi connectivity index (χ2v) is 10.5. The van der Waals surface area contributed by atoms with Gasteiger partial charge in [0.2, 0.25) is 23.6 Å². The number of carbonyl (C=O) groups excluding carboxylic acids is 4.